The molecule has 0 saturated heterocycles. The Hall–Kier alpha value is -2.90. The molecule has 1 atom stereocenters. The highest BCUT2D eigenvalue weighted by atomic mass is 16.3. The highest BCUT2D eigenvalue weighted by molar-refractivity contribution is 6.22. The fourth-order valence-corrected chi connectivity index (χ4v) is 2.20. The van der Waals surface area contributed by atoms with Crippen molar-refractivity contribution in [2.24, 2.45) is 10.9 Å². The molecule has 1 unspecified atom stereocenters. The third-order valence-electron chi connectivity index (χ3n) is 3.20. The summed E-state index contributed by atoms with van der Waals surface area (Å²) in [5, 5.41) is 2.19. The van der Waals surface area contributed by atoms with Crippen LogP contribution in [0.3, 0.4) is 0 Å². The van der Waals surface area contributed by atoms with E-state index in [2.05, 4.69) is 5.18 Å². The fourth-order valence-electron chi connectivity index (χ4n) is 2.20. The van der Waals surface area contributed by atoms with Crippen molar-refractivity contribution in [3.05, 3.63) is 40.3 Å². The van der Waals surface area contributed by atoms with Crippen molar-refractivity contribution in [3.8, 4) is 0 Å². The van der Waals surface area contributed by atoms with E-state index in [0.29, 0.717) is 0 Å². The third-order valence-corrected chi connectivity index (χ3v) is 3.20. The molecule has 2 rings (SSSR count). The molecule has 108 valence electrons. The van der Waals surface area contributed by atoms with Crippen LogP contribution in [-0.2, 0) is 9.59 Å². The summed E-state index contributed by atoms with van der Waals surface area (Å²) >= 11 is 0. The second-order valence-electron chi connectivity index (χ2n) is 4.47. The van der Waals surface area contributed by atoms with E-state index < -0.39 is 29.7 Å². The Morgan fingerprint density at radius 3 is 2.10 bits per heavy atom. The smallest absolute Gasteiger partial charge is 0.286 e. The molecule has 4 amide bonds. The summed E-state index contributed by atoms with van der Waals surface area (Å²) < 4.78 is 0. The number of nitroso groups, excluding NO2 is 1. The Morgan fingerprint density at radius 2 is 1.67 bits per heavy atom. The van der Waals surface area contributed by atoms with Gasteiger partial charge in [0.15, 0.2) is 0 Å². The molecule has 0 aliphatic carbocycles. The topological polar surface area (TPSA) is 127 Å². The Labute approximate surface area is 118 Å². The molecule has 8 nitrogen and oxygen atoms in total. The first-order chi connectivity index (χ1) is 9.97. The number of amides is 4. The zero-order valence-electron chi connectivity index (χ0n) is 10.8. The first kappa shape index (κ1) is 14.5. The van der Waals surface area contributed by atoms with Crippen molar-refractivity contribution < 1.29 is 19.2 Å². The van der Waals surface area contributed by atoms with E-state index in [4.69, 9.17) is 5.73 Å². The summed E-state index contributed by atoms with van der Waals surface area (Å²) in [5.74, 6) is -3.20. The number of imide groups is 1. The van der Waals surface area contributed by atoms with Crippen molar-refractivity contribution in [3.63, 3.8) is 0 Å². The van der Waals surface area contributed by atoms with Gasteiger partial charge in [-0.05, 0) is 18.6 Å². The third kappa shape index (κ3) is 2.55. The van der Waals surface area contributed by atoms with Crippen molar-refractivity contribution in [1.29, 1.82) is 0 Å². The highest BCUT2D eigenvalue weighted by Crippen LogP contribution is 2.25. The minimum Gasteiger partial charge on any atom is -0.368 e. The Balaban J connectivity index is 2.29. The lowest BCUT2D eigenvalue weighted by Gasteiger charge is -2.22. The van der Waals surface area contributed by atoms with Gasteiger partial charge >= 0.3 is 0 Å². The van der Waals surface area contributed by atoms with Gasteiger partial charge in [0.25, 0.3) is 17.7 Å². The van der Waals surface area contributed by atoms with Gasteiger partial charge in [-0.3, -0.25) is 24.1 Å². The molecule has 8 heteroatoms. The minimum absolute atomic E-state index is 0.175. The number of hydrogen-bond acceptors (Lipinski definition) is 5. The second-order valence-corrected chi connectivity index (χ2v) is 4.47. The summed E-state index contributed by atoms with van der Waals surface area (Å²) in [7, 11) is 0. The highest BCUT2D eigenvalue weighted by Gasteiger charge is 2.41. The van der Waals surface area contributed by atoms with Crippen LogP contribution in [0.5, 0.6) is 0 Å². The van der Waals surface area contributed by atoms with E-state index in [1.54, 1.807) is 12.1 Å². The summed E-state index contributed by atoms with van der Waals surface area (Å²) in [6.45, 7) is 0. The van der Waals surface area contributed by atoms with Crippen LogP contribution in [0.1, 0.15) is 33.6 Å². The zero-order valence-corrected chi connectivity index (χ0v) is 10.8. The number of primary amides is 1. The number of hydrogen-bond donors (Lipinski definition) is 1. The van der Waals surface area contributed by atoms with Crippen LogP contribution in [0.25, 0.3) is 0 Å². The quantitative estimate of drug-likeness (QED) is 0.612. The molecule has 0 bridgehead atoms. The zero-order chi connectivity index (χ0) is 15.6. The Morgan fingerprint density at radius 1 is 1.14 bits per heavy atom. The molecule has 1 aromatic rings. The lowest BCUT2D eigenvalue weighted by Crippen LogP contribution is -2.48. The van der Waals surface area contributed by atoms with Crippen LogP contribution in [0.4, 0.5) is 0 Å². The van der Waals surface area contributed by atoms with Gasteiger partial charge in [0, 0.05) is 11.6 Å². The van der Waals surface area contributed by atoms with Gasteiger partial charge in [0.05, 0.1) is 11.1 Å². The molecule has 21 heavy (non-hydrogen) atoms. The SMILES string of the molecule is NC(=O)C(CCC(=O)N=O)N1C(=O)c2ccccc2C1=O. The number of fused-ring (bicyclic) bond motifs is 1. The van der Waals surface area contributed by atoms with Crippen LogP contribution < -0.4 is 5.73 Å². The Kier molecular flexibility index (Phi) is 3.88. The van der Waals surface area contributed by atoms with E-state index in [1.165, 1.54) is 12.1 Å². The molecule has 1 aliphatic heterocycles. The molecule has 1 aromatic carbocycles. The van der Waals surface area contributed by atoms with Gasteiger partial charge in [0.2, 0.25) is 5.91 Å². The molecule has 0 spiro atoms. The number of benzene rings is 1. The van der Waals surface area contributed by atoms with E-state index in [9.17, 15) is 24.1 Å². The van der Waals surface area contributed by atoms with Gasteiger partial charge in [-0.25, -0.2) is 0 Å². The van der Waals surface area contributed by atoms with Crippen LogP contribution in [0, 0.1) is 4.91 Å². The lowest BCUT2D eigenvalue weighted by atomic mass is 10.1. The first-order valence-corrected chi connectivity index (χ1v) is 6.09. The molecule has 1 aliphatic rings. The molecule has 0 radical (unpaired) electrons. The minimum atomic E-state index is -1.29. The van der Waals surface area contributed by atoms with Crippen LogP contribution >= 0.6 is 0 Å². The monoisotopic (exact) mass is 289 g/mol. The molecular weight excluding hydrogens is 278 g/mol. The second kappa shape index (κ2) is 5.61. The van der Waals surface area contributed by atoms with Crippen molar-refractivity contribution in [1.82, 2.24) is 4.90 Å². The normalized spacial score (nSPS) is 14.8. The molecule has 0 aromatic heterocycles. The number of carbonyl (C=O) groups excluding carboxylic acids is 4. The maximum absolute atomic E-state index is 12.2. The van der Waals surface area contributed by atoms with Crippen molar-refractivity contribution >= 4 is 23.6 Å². The average Bonchev–Trinajstić information content (AvgIpc) is 2.72. The maximum Gasteiger partial charge on any atom is 0.286 e. The standard InChI is InChI=1S/C13H11N3O5/c14-11(18)9(5-6-10(17)15-21)16-12(19)7-3-1-2-4-8(7)13(16)20/h1-4,9H,5-6H2,(H2,14,18). The average molecular weight is 289 g/mol. The molecule has 2 N–H and O–H groups in total. The summed E-state index contributed by atoms with van der Waals surface area (Å²) in [6.07, 6.45) is -0.601. The molecule has 0 saturated carbocycles. The van der Waals surface area contributed by atoms with E-state index >= 15 is 0 Å². The summed E-state index contributed by atoms with van der Waals surface area (Å²) in [5.41, 5.74) is 5.55. The predicted octanol–water partition coefficient (Wildman–Crippen LogP) is 0.210. The van der Waals surface area contributed by atoms with Crippen LogP contribution in [0.2, 0.25) is 0 Å². The number of nitrogens with zero attached hydrogens (tertiary/aromatic N) is 2. The number of rotatable bonds is 5. The van der Waals surface area contributed by atoms with Crippen LogP contribution in [0.15, 0.2) is 29.4 Å². The van der Waals surface area contributed by atoms with E-state index in [0.717, 1.165) is 4.90 Å². The molecule has 0 fully saturated rings. The first-order valence-electron chi connectivity index (χ1n) is 6.09. The Bertz CT molecular complexity index is 620. The van der Waals surface area contributed by atoms with Gasteiger partial charge in [-0.15, -0.1) is 4.91 Å². The van der Waals surface area contributed by atoms with Gasteiger partial charge < -0.3 is 5.73 Å². The number of nitrogens with two attached hydrogens (primary N) is 1. The number of carbonyl (C=O) groups is 4. The van der Waals surface area contributed by atoms with Gasteiger partial charge in [-0.2, -0.15) is 0 Å². The van der Waals surface area contributed by atoms with Crippen LogP contribution in [-0.4, -0.2) is 34.6 Å². The molecule has 1 heterocycles. The molecular formula is C13H11N3O5. The van der Waals surface area contributed by atoms with E-state index in [-0.39, 0.29) is 24.0 Å². The van der Waals surface area contributed by atoms with Gasteiger partial charge in [-0.1, -0.05) is 12.1 Å². The van der Waals surface area contributed by atoms with Crippen molar-refractivity contribution in [2.45, 2.75) is 18.9 Å². The largest absolute Gasteiger partial charge is 0.368 e. The van der Waals surface area contributed by atoms with Gasteiger partial charge in [0.1, 0.15) is 6.04 Å². The summed E-state index contributed by atoms with van der Waals surface area (Å²) in [6, 6.07) is 4.82. The van der Waals surface area contributed by atoms with E-state index in [1.807, 2.05) is 0 Å². The summed E-state index contributed by atoms with van der Waals surface area (Å²) in [4.78, 5) is 57.6. The van der Waals surface area contributed by atoms with Crippen molar-refractivity contribution in [2.75, 3.05) is 0 Å². The maximum atomic E-state index is 12.2. The lowest BCUT2D eigenvalue weighted by molar-refractivity contribution is -0.122. The predicted molar refractivity (Wildman–Crippen MR) is 70.0 cm³/mol. The fraction of sp³-hybridized carbons (Fsp3) is 0.231.